The molecule has 7 nitrogen and oxygen atoms in total. The first-order chi connectivity index (χ1) is 17.5. The third kappa shape index (κ3) is 3.35. The SMILES string of the molecule is C[C@@H]1N[C@]2(C(=O)Nc3ccccc32)[C@@H]([N+](=O)[O-])[C@H]1c1ccc(OCc2cccc3ccccc23)cc1. The number of hydrogen-bond acceptors (Lipinski definition) is 5. The van der Waals surface area contributed by atoms with E-state index in [-0.39, 0.29) is 16.9 Å². The van der Waals surface area contributed by atoms with Crippen LogP contribution in [0.25, 0.3) is 10.8 Å². The van der Waals surface area contributed by atoms with Crippen molar-refractivity contribution in [3.05, 3.63) is 118 Å². The molecule has 0 saturated carbocycles. The van der Waals surface area contributed by atoms with Crippen LogP contribution in [-0.2, 0) is 16.9 Å². The van der Waals surface area contributed by atoms with Crippen molar-refractivity contribution < 1.29 is 14.5 Å². The van der Waals surface area contributed by atoms with Crippen LogP contribution in [0.5, 0.6) is 5.75 Å². The molecule has 4 atom stereocenters. The van der Waals surface area contributed by atoms with Gasteiger partial charge in [-0.3, -0.25) is 20.2 Å². The second-order valence-electron chi connectivity index (χ2n) is 9.49. The standard InChI is InChI=1S/C29H25N3O4/c1-18-26(27(32(34)35)29(31-18)24-11-4-5-12-25(24)30-28(29)33)20-13-15-22(16-14-20)36-17-21-9-6-8-19-7-2-3-10-23(19)21/h2-16,18,26-27,31H,17H2,1H3,(H,30,33)/t18-,26+,27-,29-/m0/s1. The van der Waals surface area contributed by atoms with Crippen molar-refractivity contribution in [2.45, 2.75) is 37.1 Å². The molecule has 4 aromatic carbocycles. The van der Waals surface area contributed by atoms with Crippen LogP contribution in [0.3, 0.4) is 0 Å². The van der Waals surface area contributed by atoms with Gasteiger partial charge in [0.25, 0.3) is 11.9 Å². The Bertz CT molecular complexity index is 1480. The maximum atomic E-state index is 13.2. The molecule has 0 radical (unpaired) electrons. The molecule has 1 amide bonds. The summed E-state index contributed by atoms with van der Waals surface area (Å²) in [5, 5.41) is 20.9. The van der Waals surface area contributed by atoms with E-state index in [1.807, 2.05) is 61.5 Å². The van der Waals surface area contributed by atoms with E-state index < -0.39 is 17.5 Å². The molecule has 0 bridgehead atoms. The Labute approximate surface area is 208 Å². The molecule has 2 N–H and O–H groups in total. The van der Waals surface area contributed by atoms with Crippen LogP contribution in [-0.4, -0.2) is 22.9 Å². The Morgan fingerprint density at radius 3 is 2.47 bits per heavy atom. The van der Waals surface area contributed by atoms with Crippen LogP contribution >= 0.6 is 0 Å². The van der Waals surface area contributed by atoms with E-state index in [4.69, 9.17) is 4.74 Å². The molecule has 6 rings (SSSR count). The lowest BCUT2D eigenvalue weighted by Crippen LogP contribution is -2.54. The number of ether oxygens (including phenoxy) is 1. The Hall–Kier alpha value is -4.23. The van der Waals surface area contributed by atoms with Gasteiger partial charge in [0.05, 0.1) is 5.92 Å². The fourth-order valence-corrected chi connectivity index (χ4v) is 5.92. The highest BCUT2D eigenvalue weighted by atomic mass is 16.6. The van der Waals surface area contributed by atoms with Crippen molar-refractivity contribution in [1.29, 1.82) is 0 Å². The molecule has 1 fully saturated rings. The largest absolute Gasteiger partial charge is 0.489 e. The molecular weight excluding hydrogens is 454 g/mol. The predicted octanol–water partition coefficient (Wildman–Crippen LogP) is 4.99. The zero-order valence-corrected chi connectivity index (χ0v) is 19.7. The van der Waals surface area contributed by atoms with Gasteiger partial charge < -0.3 is 10.1 Å². The Kier molecular flexibility index (Phi) is 5.23. The molecule has 180 valence electrons. The average Bonchev–Trinajstić information content (AvgIpc) is 3.36. The van der Waals surface area contributed by atoms with Crippen LogP contribution in [0.1, 0.15) is 29.5 Å². The van der Waals surface area contributed by atoms with Gasteiger partial charge in [0, 0.05) is 22.2 Å². The van der Waals surface area contributed by atoms with Crippen LogP contribution < -0.4 is 15.4 Å². The lowest BCUT2D eigenvalue weighted by Gasteiger charge is -2.25. The van der Waals surface area contributed by atoms with Crippen LogP contribution in [0.4, 0.5) is 5.69 Å². The van der Waals surface area contributed by atoms with Crippen molar-refractivity contribution in [3.63, 3.8) is 0 Å². The highest BCUT2D eigenvalue weighted by molar-refractivity contribution is 6.07. The minimum Gasteiger partial charge on any atom is -0.489 e. The summed E-state index contributed by atoms with van der Waals surface area (Å²) in [6.45, 7) is 2.31. The topological polar surface area (TPSA) is 93.5 Å². The van der Waals surface area contributed by atoms with Crippen LogP contribution in [0, 0.1) is 10.1 Å². The minimum atomic E-state index is -1.41. The molecule has 2 heterocycles. The number of fused-ring (bicyclic) bond motifs is 3. The summed E-state index contributed by atoms with van der Waals surface area (Å²) in [7, 11) is 0. The van der Waals surface area contributed by atoms with Crippen molar-refractivity contribution in [2.75, 3.05) is 5.32 Å². The van der Waals surface area contributed by atoms with Gasteiger partial charge >= 0.3 is 0 Å². The first-order valence-electron chi connectivity index (χ1n) is 12.0. The van der Waals surface area contributed by atoms with Gasteiger partial charge in [0.1, 0.15) is 12.4 Å². The molecule has 1 spiro atoms. The van der Waals surface area contributed by atoms with Gasteiger partial charge in [-0.05, 0) is 47.0 Å². The van der Waals surface area contributed by atoms with Gasteiger partial charge in [0.15, 0.2) is 5.54 Å². The second-order valence-corrected chi connectivity index (χ2v) is 9.49. The number of nitro groups is 1. The predicted molar refractivity (Wildman–Crippen MR) is 138 cm³/mol. The monoisotopic (exact) mass is 479 g/mol. The van der Waals surface area contributed by atoms with E-state index in [0.717, 1.165) is 21.9 Å². The number of carbonyl (C=O) groups excluding carboxylic acids is 1. The molecule has 2 aliphatic heterocycles. The van der Waals surface area contributed by atoms with Gasteiger partial charge in [0.2, 0.25) is 0 Å². The maximum Gasteiger partial charge on any atom is 0.256 e. The lowest BCUT2D eigenvalue weighted by molar-refractivity contribution is -0.532. The normalized spacial score (nSPS) is 24.6. The van der Waals surface area contributed by atoms with Gasteiger partial charge in [-0.2, -0.15) is 0 Å². The summed E-state index contributed by atoms with van der Waals surface area (Å²) in [6.07, 6.45) is 0. The van der Waals surface area contributed by atoms with Crippen molar-refractivity contribution in [1.82, 2.24) is 5.32 Å². The number of nitrogens with one attached hydrogen (secondary N) is 2. The number of para-hydroxylation sites is 1. The number of benzene rings is 4. The van der Waals surface area contributed by atoms with Crippen molar-refractivity contribution >= 4 is 22.4 Å². The summed E-state index contributed by atoms with van der Waals surface area (Å²) in [6, 6.07) is 27.5. The van der Waals surface area contributed by atoms with Crippen LogP contribution in [0.15, 0.2) is 91.0 Å². The summed E-state index contributed by atoms with van der Waals surface area (Å²) in [5.74, 6) is -0.194. The molecule has 7 heteroatoms. The summed E-state index contributed by atoms with van der Waals surface area (Å²) < 4.78 is 6.06. The minimum absolute atomic E-state index is 0.292. The zero-order chi connectivity index (χ0) is 24.9. The van der Waals surface area contributed by atoms with E-state index in [1.54, 1.807) is 18.2 Å². The fourth-order valence-electron chi connectivity index (χ4n) is 5.92. The molecule has 0 unspecified atom stereocenters. The summed E-state index contributed by atoms with van der Waals surface area (Å²) in [5.41, 5.74) is 1.72. The van der Waals surface area contributed by atoms with Crippen LogP contribution in [0.2, 0.25) is 0 Å². The highest BCUT2D eigenvalue weighted by Gasteiger charge is 2.67. The first kappa shape index (κ1) is 22.2. The summed E-state index contributed by atoms with van der Waals surface area (Å²) in [4.78, 5) is 25.3. The van der Waals surface area contributed by atoms with Gasteiger partial charge in [-0.1, -0.05) is 72.8 Å². The lowest BCUT2D eigenvalue weighted by atomic mass is 9.78. The molecular formula is C29H25N3O4. The summed E-state index contributed by atoms with van der Waals surface area (Å²) >= 11 is 0. The van der Waals surface area contributed by atoms with E-state index in [0.29, 0.717) is 23.6 Å². The van der Waals surface area contributed by atoms with Gasteiger partial charge in [-0.25, -0.2) is 0 Å². The number of nitrogens with zero attached hydrogens (tertiary/aromatic N) is 1. The average molecular weight is 480 g/mol. The molecule has 1 saturated heterocycles. The molecule has 0 aromatic heterocycles. The first-order valence-corrected chi connectivity index (χ1v) is 12.0. The Morgan fingerprint density at radius 1 is 0.944 bits per heavy atom. The number of rotatable bonds is 5. The second kappa shape index (κ2) is 8.46. The smallest absolute Gasteiger partial charge is 0.256 e. The van der Waals surface area contributed by atoms with E-state index in [2.05, 4.69) is 28.8 Å². The number of hydrogen-bond donors (Lipinski definition) is 2. The maximum absolute atomic E-state index is 13.2. The number of anilines is 1. The van der Waals surface area contributed by atoms with Gasteiger partial charge in [-0.15, -0.1) is 0 Å². The molecule has 36 heavy (non-hydrogen) atoms. The third-order valence-corrected chi connectivity index (χ3v) is 7.50. The highest BCUT2D eigenvalue weighted by Crippen LogP contribution is 2.49. The van der Waals surface area contributed by atoms with E-state index in [9.17, 15) is 14.9 Å². The van der Waals surface area contributed by atoms with E-state index in [1.165, 1.54) is 0 Å². The van der Waals surface area contributed by atoms with Crippen molar-refractivity contribution in [2.24, 2.45) is 0 Å². The fraction of sp³-hybridized carbons (Fsp3) is 0.207. The van der Waals surface area contributed by atoms with Crippen molar-refractivity contribution in [3.8, 4) is 5.75 Å². The quantitative estimate of drug-likeness (QED) is 0.311. The zero-order valence-electron chi connectivity index (χ0n) is 19.7. The van der Waals surface area contributed by atoms with E-state index >= 15 is 0 Å². The Balaban J connectivity index is 1.28. The third-order valence-electron chi connectivity index (χ3n) is 7.50. The molecule has 2 aliphatic rings. The number of amides is 1. The Morgan fingerprint density at radius 2 is 1.67 bits per heavy atom. The molecule has 0 aliphatic carbocycles. The molecule has 4 aromatic rings. The number of carbonyl (C=O) groups is 1.